The van der Waals surface area contributed by atoms with E-state index in [0.717, 1.165) is 5.56 Å². The van der Waals surface area contributed by atoms with Crippen LogP contribution in [0.2, 0.25) is 5.02 Å². The van der Waals surface area contributed by atoms with E-state index in [9.17, 15) is 14.4 Å². The lowest BCUT2D eigenvalue weighted by Gasteiger charge is -2.16. The molecule has 164 valence electrons. The molecule has 0 heterocycles. The molecule has 0 bridgehead atoms. The summed E-state index contributed by atoms with van der Waals surface area (Å²) in [5.41, 5.74) is 1.96. The molecule has 2 amide bonds. The highest BCUT2D eigenvalue weighted by Gasteiger charge is 2.17. The second-order valence-corrected chi connectivity index (χ2v) is 7.62. The monoisotopic (exact) mass is 450 g/mol. The van der Waals surface area contributed by atoms with Gasteiger partial charge in [0.25, 0.3) is 11.8 Å². The van der Waals surface area contributed by atoms with Crippen molar-refractivity contribution >= 4 is 34.9 Å². The van der Waals surface area contributed by atoms with Crippen molar-refractivity contribution in [2.45, 2.75) is 19.9 Å². The number of Topliss-reactive ketones (excluding diaryl/α,β-unsaturated/α-hetero) is 1. The van der Waals surface area contributed by atoms with E-state index >= 15 is 0 Å². The van der Waals surface area contributed by atoms with Gasteiger partial charge in [-0.2, -0.15) is 0 Å². The highest BCUT2D eigenvalue weighted by atomic mass is 35.5. The second-order valence-electron chi connectivity index (χ2n) is 7.18. The number of rotatable bonds is 8. The summed E-state index contributed by atoms with van der Waals surface area (Å²) in [6.07, 6.45) is 0. The number of nitrogens with one attached hydrogen (secondary N) is 2. The minimum absolute atomic E-state index is 0.203. The van der Waals surface area contributed by atoms with E-state index in [1.165, 1.54) is 13.0 Å². The lowest BCUT2D eigenvalue weighted by Crippen LogP contribution is -2.28. The minimum atomic E-state index is -0.467. The van der Waals surface area contributed by atoms with Crippen LogP contribution in [0.15, 0.2) is 72.8 Å². The normalized spacial score (nSPS) is 11.3. The summed E-state index contributed by atoms with van der Waals surface area (Å²) in [5.74, 6) is -0.738. The number of anilines is 1. The van der Waals surface area contributed by atoms with Crippen molar-refractivity contribution < 1.29 is 19.1 Å². The van der Waals surface area contributed by atoms with E-state index < -0.39 is 5.91 Å². The molecule has 1 unspecified atom stereocenters. The van der Waals surface area contributed by atoms with Crippen molar-refractivity contribution in [1.29, 1.82) is 0 Å². The standard InChI is InChI=1S/C25H23ClN2O4/c1-16(18-8-4-3-5-9-18)27-25(31)20-10-6-7-11-22(20)28-24(30)15-32-23-13-12-19(26)14-21(23)17(2)29/h3-14,16H,15H2,1-2H3,(H,27,31)(H,28,30). The highest BCUT2D eigenvalue weighted by molar-refractivity contribution is 6.31. The molecule has 0 spiro atoms. The fourth-order valence-corrected chi connectivity index (χ4v) is 3.29. The summed E-state index contributed by atoms with van der Waals surface area (Å²) < 4.78 is 5.52. The topological polar surface area (TPSA) is 84.5 Å². The van der Waals surface area contributed by atoms with E-state index in [-0.39, 0.29) is 30.1 Å². The summed E-state index contributed by atoms with van der Waals surface area (Å²) in [4.78, 5) is 37.1. The van der Waals surface area contributed by atoms with Crippen LogP contribution >= 0.6 is 11.6 Å². The van der Waals surface area contributed by atoms with Gasteiger partial charge in [0.2, 0.25) is 0 Å². The highest BCUT2D eigenvalue weighted by Crippen LogP contribution is 2.24. The Morgan fingerprint density at radius 3 is 2.34 bits per heavy atom. The first-order valence-corrected chi connectivity index (χ1v) is 10.4. The van der Waals surface area contributed by atoms with Crippen molar-refractivity contribution in [2.24, 2.45) is 0 Å². The van der Waals surface area contributed by atoms with Gasteiger partial charge in [-0.05, 0) is 49.7 Å². The Bertz CT molecular complexity index is 1130. The average Bonchev–Trinajstić information content (AvgIpc) is 2.79. The summed E-state index contributed by atoms with van der Waals surface area (Å²) in [6, 6.07) is 20.7. The SMILES string of the molecule is CC(=O)c1cc(Cl)ccc1OCC(=O)Nc1ccccc1C(=O)NC(C)c1ccccc1. The summed E-state index contributed by atoms with van der Waals surface area (Å²) in [7, 11) is 0. The Morgan fingerprint density at radius 1 is 0.938 bits per heavy atom. The smallest absolute Gasteiger partial charge is 0.262 e. The Hall–Kier alpha value is -3.64. The van der Waals surface area contributed by atoms with Crippen molar-refractivity contribution in [1.82, 2.24) is 5.32 Å². The maximum atomic E-state index is 12.8. The van der Waals surface area contributed by atoms with Gasteiger partial charge in [-0.1, -0.05) is 54.1 Å². The predicted octanol–water partition coefficient (Wildman–Crippen LogP) is 5.05. The van der Waals surface area contributed by atoms with Crippen LogP contribution in [-0.4, -0.2) is 24.2 Å². The van der Waals surface area contributed by atoms with Crippen molar-refractivity contribution in [3.63, 3.8) is 0 Å². The van der Waals surface area contributed by atoms with Crippen molar-refractivity contribution in [3.8, 4) is 5.75 Å². The van der Waals surface area contributed by atoms with Gasteiger partial charge in [0.1, 0.15) is 5.75 Å². The first-order valence-electron chi connectivity index (χ1n) is 10.0. The molecule has 0 aliphatic rings. The fraction of sp³-hybridized carbons (Fsp3) is 0.160. The molecule has 1 atom stereocenters. The van der Waals surface area contributed by atoms with Gasteiger partial charge in [-0.15, -0.1) is 0 Å². The molecule has 3 aromatic carbocycles. The molecular formula is C25H23ClN2O4. The van der Waals surface area contributed by atoms with Crippen LogP contribution in [-0.2, 0) is 4.79 Å². The lowest BCUT2D eigenvalue weighted by atomic mass is 10.1. The number of benzene rings is 3. The zero-order valence-corrected chi connectivity index (χ0v) is 18.5. The largest absolute Gasteiger partial charge is 0.483 e. The summed E-state index contributed by atoms with van der Waals surface area (Å²) >= 11 is 5.93. The molecule has 0 saturated heterocycles. The molecule has 0 fully saturated rings. The summed E-state index contributed by atoms with van der Waals surface area (Å²) in [6.45, 7) is 2.95. The number of carbonyl (C=O) groups excluding carboxylic acids is 3. The fourth-order valence-electron chi connectivity index (χ4n) is 3.12. The van der Waals surface area contributed by atoms with Crippen molar-refractivity contribution in [3.05, 3.63) is 94.5 Å². The third-order valence-corrected chi connectivity index (χ3v) is 5.01. The van der Waals surface area contributed by atoms with Crippen LogP contribution < -0.4 is 15.4 Å². The van der Waals surface area contributed by atoms with Gasteiger partial charge in [-0.3, -0.25) is 14.4 Å². The van der Waals surface area contributed by atoms with E-state index in [1.54, 1.807) is 36.4 Å². The molecule has 3 rings (SSSR count). The first kappa shape index (κ1) is 23.0. The minimum Gasteiger partial charge on any atom is -0.483 e. The molecule has 3 aromatic rings. The van der Waals surface area contributed by atoms with E-state index in [1.807, 2.05) is 37.3 Å². The Labute approximate surface area is 191 Å². The molecule has 0 radical (unpaired) electrons. The number of halogens is 1. The van der Waals surface area contributed by atoms with Gasteiger partial charge in [0, 0.05) is 5.02 Å². The Balaban J connectivity index is 1.66. The predicted molar refractivity (Wildman–Crippen MR) is 124 cm³/mol. The van der Waals surface area contributed by atoms with E-state index in [4.69, 9.17) is 16.3 Å². The number of hydrogen-bond donors (Lipinski definition) is 2. The molecule has 32 heavy (non-hydrogen) atoms. The molecule has 0 saturated carbocycles. The third kappa shape index (κ3) is 5.95. The number of para-hydroxylation sites is 1. The van der Waals surface area contributed by atoms with Crippen LogP contribution in [0.25, 0.3) is 0 Å². The molecule has 0 aromatic heterocycles. The first-order chi connectivity index (χ1) is 15.3. The Kier molecular flexibility index (Phi) is 7.63. The molecule has 0 aliphatic carbocycles. The Morgan fingerprint density at radius 2 is 1.62 bits per heavy atom. The van der Waals surface area contributed by atoms with Crippen LogP contribution in [0.3, 0.4) is 0 Å². The number of hydrogen-bond acceptors (Lipinski definition) is 4. The third-order valence-electron chi connectivity index (χ3n) is 4.77. The van der Waals surface area contributed by atoms with Crippen LogP contribution in [0, 0.1) is 0 Å². The van der Waals surface area contributed by atoms with Gasteiger partial charge < -0.3 is 15.4 Å². The molecule has 2 N–H and O–H groups in total. The van der Waals surface area contributed by atoms with E-state index in [2.05, 4.69) is 10.6 Å². The quantitative estimate of drug-likeness (QED) is 0.470. The number of carbonyl (C=O) groups is 3. The molecule has 7 heteroatoms. The zero-order chi connectivity index (χ0) is 23.1. The molecule has 0 aliphatic heterocycles. The zero-order valence-electron chi connectivity index (χ0n) is 17.7. The molecule has 6 nitrogen and oxygen atoms in total. The van der Waals surface area contributed by atoms with Gasteiger partial charge in [-0.25, -0.2) is 0 Å². The summed E-state index contributed by atoms with van der Waals surface area (Å²) in [5, 5.41) is 6.04. The van der Waals surface area contributed by atoms with Gasteiger partial charge in [0.05, 0.1) is 22.9 Å². The van der Waals surface area contributed by atoms with Gasteiger partial charge in [0.15, 0.2) is 12.4 Å². The van der Waals surface area contributed by atoms with E-state index in [0.29, 0.717) is 21.8 Å². The van der Waals surface area contributed by atoms with Crippen LogP contribution in [0.5, 0.6) is 5.75 Å². The van der Waals surface area contributed by atoms with Crippen LogP contribution in [0.1, 0.15) is 46.2 Å². The van der Waals surface area contributed by atoms with Gasteiger partial charge >= 0.3 is 0 Å². The lowest BCUT2D eigenvalue weighted by molar-refractivity contribution is -0.118. The number of amides is 2. The number of ketones is 1. The number of ether oxygens (including phenoxy) is 1. The van der Waals surface area contributed by atoms with Crippen molar-refractivity contribution in [2.75, 3.05) is 11.9 Å². The maximum Gasteiger partial charge on any atom is 0.262 e. The maximum absolute atomic E-state index is 12.8. The molecular weight excluding hydrogens is 428 g/mol. The second kappa shape index (κ2) is 10.6. The van der Waals surface area contributed by atoms with Crippen LogP contribution in [0.4, 0.5) is 5.69 Å². The average molecular weight is 451 g/mol.